The second kappa shape index (κ2) is 21.9. The lowest BCUT2D eigenvalue weighted by atomic mass is 9.90. The van der Waals surface area contributed by atoms with Crippen molar-refractivity contribution < 1.29 is 39.6 Å². The molecule has 0 saturated carbocycles. The molecule has 0 aliphatic heterocycles. The van der Waals surface area contributed by atoms with E-state index in [4.69, 9.17) is 17.2 Å². The van der Waals surface area contributed by atoms with Gasteiger partial charge in [-0.05, 0) is 151 Å². The van der Waals surface area contributed by atoms with Crippen LogP contribution in [0.1, 0.15) is 104 Å². The summed E-state index contributed by atoms with van der Waals surface area (Å²) in [6.07, 6.45) is 11.7. The molecule has 0 aliphatic carbocycles. The molecule has 0 aromatic heterocycles. The van der Waals surface area contributed by atoms with Crippen molar-refractivity contribution in [2.75, 3.05) is 0 Å². The molecule has 4 aromatic carbocycles. The summed E-state index contributed by atoms with van der Waals surface area (Å²) in [5.74, 6) is -4.19. The minimum absolute atomic E-state index is 0.0996. The third kappa shape index (κ3) is 12.7. The topological polar surface area (TPSA) is 227 Å². The average molecular weight is 846 g/mol. The number of hydrogen-bond donors (Lipinski definition) is 7. The van der Waals surface area contributed by atoms with E-state index in [-0.39, 0.29) is 28.0 Å². The largest absolute Gasteiger partial charge is 0.478 e. The fourth-order valence-corrected chi connectivity index (χ4v) is 6.75. The number of carboxylic acid groups (broad SMARTS) is 4. The standard InChI is InChI=1S/C52H51N3O8/c1-6-8-45(54)48(38-19-27-42(28-20-38)52(62)63)46(55)30-12-33(4)47(37-17-25-41(26-18-37)51(60)61)32(3)11-29-44(53)43(36-15-23-40(24-16-36)50(58)59)10-7-9-31(2)34(5)35-13-21-39(22-14-35)49(56)57/h6-9,12-28,30H,1,4,10-11,29,53-55H2,2-3,5H3,(H,56,57)(H,58,59)(H,60,61)(H,62,63)/b9-7-,30-12-,34-31-,44-43+,45-8-,47-32-,48-46-. The Morgan fingerprint density at radius 1 is 0.540 bits per heavy atom. The highest BCUT2D eigenvalue weighted by atomic mass is 16.4. The van der Waals surface area contributed by atoms with E-state index in [0.29, 0.717) is 52.9 Å². The highest BCUT2D eigenvalue weighted by Gasteiger charge is 2.15. The Kier molecular flexibility index (Phi) is 16.5. The van der Waals surface area contributed by atoms with Crippen molar-refractivity contribution in [1.29, 1.82) is 0 Å². The molecule has 10 N–H and O–H groups in total. The number of rotatable bonds is 19. The molecule has 0 spiro atoms. The zero-order valence-corrected chi connectivity index (χ0v) is 35.4. The number of benzene rings is 4. The number of nitrogens with two attached hydrogens (primary N) is 3. The molecule has 11 heteroatoms. The van der Waals surface area contributed by atoms with Crippen molar-refractivity contribution in [3.05, 3.63) is 225 Å². The third-order valence-corrected chi connectivity index (χ3v) is 10.4. The van der Waals surface area contributed by atoms with Crippen LogP contribution in [0.3, 0.4) is 0 Å². The van der Waals surface area contributed by atoms with Gasteiger partial charge in [-0.25, -0.2) is 19.2 Å². The predicted molar refractivity (Wildman–Crippen MR) is 250 cm³/mol. The minimum atomic E-state index is -1.07. The molecule has 63 heavy (non-hydrogen) atoms. The second-order valence-electron chi connectivity index (χ2n) is 14.7. The Morgan fingerprint density at radius 2 is 0.937 bits per heavy atom. The lowest BCUT2D eigenvalue weighted by molar-refractivity contribution is 0.0686. The monoisotopic (exact) mass is 845 g/mol. The molecule has 322 valence electrons. The fourth-order valence-electron chi connectivity index (χ4n) is 6.75. The summed E-state index contributed by atoms with van der Waals surface area (Å²) >= 11 is 0. The molecule has 0 unspecified atom stereocenters. The summed E-state index contributed by atoms with van der Waals surface area (Å²) < 4.78 is 0. The van der Waals surface area contributed by atoms with Gasteiger partial charge < -0.3 is 37.6 Å². The lowest BCUT2D eigenvalue weighted by Gasteiger charge is -2.16. The van der Waals surface area contributed by atoms with Gasteiger partial charge in [-0.1, -0.05) is 91.6 Å². The Morgan fingerprint density at radius 3 is 1.37 bits per heavy atom. The van der Waals surface area contributed by atoms with Crippen molar-refractivity contribution >= 4 is 46.2 Å². The van der Waals surface area contributed by atoms with E-state index >= 15 is 0 Å². The van der Waals surface area contributed by atoms with Gasteiger partial charge in [0.15, 0.2) is 0 Å². The summed E-state index contributed by atoms with van der Waals surface area (Å²) in [4.78, 5) is 46.2. The zero-order valence-electron chi connectivity index (χ0n) is 35.4. The molecule has 11 nitrogen and oxygen atoms in total. The van der Waals surface area contributed by atoms with E-state index in [1.165, 1.54) is 42.5 Å². The Balaban J connectivity index is 1.75. The molecule has 0 atom stereocenters. The first-order valence-corrected chi connectivity index (χ1v) is 19.7. The molecular weight excluding hydrogens is 795 g/mol. The van der Waals surface area contributed by atoms with E-state index in [9.17, 15) is 39.6 Å². The number of carboxylic acids is 4. The number of aromatic carboxylic acids is 4. The molecule has 0 heterocycles. The van der Waals surface area contributed by atoms with Crippen molar-refractivity contribution in [2.45, 2.75) is 40.0 Å². The summed E-state index contributed by atoms with van der Waals surface area (Å²) in [6, 6.07) is 25.8. The maximum absolute atomic E-state index is 11.7. The van der Waals surface area contributed by atoms with E-state index in [2.05, 4.69) is 13.2 Å². The second-order valence-corrected chi connectivity index (χ2v) is 14.7. The van der Waals surface area contributed by atoms with Gasteiger partial charge in [-0.3, -0.25) is 0 Å². The highest BCUT2D eigenvalue weighted by molar-refractivity contribution is 5.92. The van der Waals surface area contributed by atoms with Gasteiger partial charge in [-0.2, -0.15) is 0 Å². The van der Waals surface area contributed by atoms with Gasteiger partial charge in [0, 0.05) is 22.7 Å². The Labute approximate surface area is 366 Å². The highest BCUT2D eigenvalue weighted by Crippen LogP contribution is 2.33. The Hall–Kier alpha value is -8.18. The molecule has 4 rings (SSSR count). The smallest absolute Gasteiger partial charge is 0.335 e. The summed E-state index contributed by atoms with van der Waals surface area (Å²) in [6.45, 7) is 13.9. The SMILES string of the molecule is C=C/C=C(N)/C(=C(N)/C=C\C(=C)/C(=C(\C)CC/C(N)=C(/C/C=C\C(C)=C(\C)c1ccc(C(=O)O)cc1)c1ccc(C(=O)O)cc1)c1ccc(C(=O)O)cc1)c1ccc(C(=O)O)cc1. The van der Waals surface area contributed by atoms with E-state index < -0.39 is 23.9 Å². The van der Waals surface area contributed by atoms with Crippen LogP contribution in [0.4, 0.5) is 0 Å². The van der Waals surface area contributed by atoms with Crippen LogP contribution in [0.25, 0.3) is 22.3 Å². The molecule has 0 saturated heterocycles. The minimum Gasteiger partial charge on any atom is -0.478 e. The van der Waals surface area contributed by atoms with Gasteiger partial charge in [-0.15, -0.1) is 0 Å². The number of carbonyl (C=O) groups is 4. The quantitative estimate of drug-likeness (QED) is 0.0439. The first-order chi connectivity index (χ1) is 29.9. The van der Waals surface area contributed by atoms with E-state index in [0.717, 1.165) is 39.0 Å². The first-order valence-electron chi connectivity index (χ1n) is 19.7. The molecular formula is C52H51N3O8. The van der Waals surface area contributed by atoms with Gasteiger partial charge >= 0.3 is 23.9 Å². The summed E-state index contributed by atoms with van der Waals surface area (Å²) in [5.41, 5.74) is 29.9. The molecule has 0 fully saturated rings. The van der Waals surface area contributed by atoms with Crippen LogP contribution in [0.5, 0.6) is 0 Å². The zero-order chi connectivity index (χ0) is 46.4. The maximum atomic E-state index is 11.7. The van der Waals surface area contributed by atoms with Crippen LogP contribution in [0, 0.1) is 0 Å². The summed E-state index contributed by atoms with van der Waals surface area (Å²) in [5, 5.41) is 37.8. The van der Waals surface area contributed by atoms with Crippen LogP contribution in [0.15, 0.2) is 180 Å². The normalized spacial score (nSPS) is 13.4. The summed E-state index contributed by atoms with van der Waals surface area (Å²) in [7, 11) is 0. The van der Waals surface area contributed by atoms with Gasteiger partial charge in [0.25, 0.3) is 0 Å². The maximum Gasteiger partial charge on any atom is 0.335 e. The molecule has 0 aliphatic rings. The van der Waals surface area contributed by atoms with Crippen LogP contribution in [0.2, 0.25) is 0 Å². The van der Waals surface area contributed by atoms with Gasteiger partial charge in [0.2, 0.25) is 0 Å². The van der Waals surface area contributed by atoms with Crippen molar-refractivity contribution in [2.24, 2.45) is 17.2 Å². The third-order valence-electron chi connectivity index (χ3n) is 10.4. The average Bonchev–Trinajstić information content (AvgIpc) is 3.26. The van der Waals surface area contributed by atoms with Crippen LogP contribution in [-0.2, 0) is 0 Å². The van der Waals surface area contributed by atoms with Crippen LogP contribution in [-0.4, -0.2) is 44.3 Å². The van der Waals surface area contributed by atoms with E-state index in [1.807, 2.05) is 32.9 Å². The van der Waals surface area contributed by atoms with Crippen molar-refractivity contribution in [1.82, 2.24) is 0 Å². The van der Waals surface area contributed by atoms with Crippen molar-refractivity contribution in [3.63, 3.8) is 0 Å². The molecule has 4 aromatic rings. The van der Waals surface area contributed by atoms with Crippen LogP contribution >= 0.6 is 0 Å². The number of allylic oxidation sites excluding steroid dienone is 14. The van der Waals surface area contributed by atoms with Crippen molar-refractivity contribution in [3.8, 4) is 0 Å². The first kappa shape index (κ1) is 47.5. The fraction of sp³-hybridized carbons (Fsp3) is 0.115. The predicted octanol–water partition coefficient (Wildman–Crippen LogP) is 10.4. The lowest BCUT2D eigenvalue weighted by Crippen LogP contribution is -2.08. The number of hydrogen-bond acceptors (Lipinski definition) is 7. The van der Waals surface area contributed by atoms with Crippen LogP contribution < -0.4 is 17.2 Å². The molecule has 0 bridgehead atoms. The van der Waals surface area contributed by atoms with E-state index in [1.54, 1.807) is 78.9 Å². The molecule has 0 radical (unpaired) electrons. The van der Waals surface area contributed by atoms with Gasteiger partial charge in [0.1, 0.15) is 0 Å². The van der Waals surface area contributed by atoms with Gasteiger partial charge in [0.05, 0.1) is 22.3 Å². The molecule has 0 amide bonds. The Bertz CT molecular complexity index is 2640.